The molecule has 2 atom stereocenters. The molecule has 0 saturated carbocycles. The van der Waals surface area contributed by atoms with Crippen molar-refractivity contribution in [2.45, 2.75) is 24.7 Å². The third-order valence-electron chi connectivity index (χ3n) is 1.67. The Kier molecular flexibility index (Phi) is 2.22. The van der Waals surface area contributed by atoms with Crippen LogP contribution in [0.3, 0.4) is 0 Å². The van der Waals surface area contributed by atoms with Gasteiger partial charge >= 0.3 is 0 Å². The van der Waals surface area contributed by atoms with Gasteiger partial charge in [-0.1, -0.05) is 0 Å². The maximum Gasteiger partial charge on any atom is 0.238 e. The first-order chi connectivity index (χ1) is 4.52. The van der Waals surface area contributed by atoms with E-state index in [-0.39, 0.29) is 6.10 Å². The van der Waals surface area contributed by atoms with Crippen LogP contribution in [-0.4, -0.2) is 26.4 Å². The summed E-state index contributed by atoms with van der Waals surface area (Å²) in [5.74, 6) is 0. The van der Waals surface area contributed by atoms with Gasteiger partial charge in [-0.2, -0.15) is 0 Å². The monoisotopic (exact) mass is 184 g/mol. The van der Waals surface area contributed by atoms with E-state index in [9.17, 15) is 8.42 Å². The Bertz CT molecular complexity index is 211. The zero-order valence-corrected chi connectivity index (χ0v) is 7.15. The van der Waals surface area contributed by atoms with E-state index in [4.69, 9.17) is 15.4 Å². The van der Waals surface area contributed by atoms with Crippen LogP contribution >= 0.6 is 10.7 Å². The van der Waals surface area contributed by atoms with Crippen molar-refractivity contribution in [3.05, 3.63) is 0 Å². The average Bonchev–Trinajstić information content (AvgIpc) is 2.11. The van der Waals surface area contributed by atoms with Gasteiger partial charge in [-0.25, -0.2) is 8.42 Å². The summed E-state index contributed by atoms with van der Waals surface area (Å²) in [6, 6.07) is 0. The molecular weight excluding hydrogens is 176 g/mol. The molecule has 0 bridgehead atoms. The number of halogens is 1. The zero-order chi connectivity index (χ0) is 7.78. The SMILES string of the molecule is C[C@H]1OCC[C@H]1S(=O)(=O)Cl. The predicted molar refractivity (Wildman–Crippen MR) is 38.6 cm³/mol. The Labute approximate surface area is 64.7 Å². The van der Waals surface area contributed by atoms with Crippen molar-refractivity contribution < 1.29 is 13.2 Å². The van der Waals surface area contributed by atoms with Crippen LogP contribution in [0.2, 0.25) is 0 Å². The third-order valence-corrected chi connectivity index (χ3v) is 3.70. The van der Waals surface area contributed by atoms with Gasteiger partial charge in [0.25, 0.3) is 0 Å². The number of hydrogen-bond donors (Lipinski definition) is 0. The lowest BCUT2D eigenvalue weighted by molar-refractivity contribution is 0.126. The lowest BCUT2D eigenvalue weighted by Gasteiger charge is -2.08. The van der Waals surface area contributed by atoms with E-state index in [1.165, 1.54) is 0 Å². The minimum Gasteiger partial charge on any atom is -0.377 e. The molecule has 1 aliphatic rings. The quantitative estimate of drug-likeness (QED) is 0.565. The fraction of sp³-hybridized carbons (Fsp3) is 1.00. The standard InChI is InChI=1S/C5H9ClO3S/c1-4-5(2-3-9-4)10(6,7)8/h4-5H,2-3H2,1H3/t4-,5-/m1/s1. The second-order valence-electron chi connectivity index (χ2n) is 2.38. The van der Waals surface area contributed by atoms with E-state index in [1.54, 1.807) is 6.92 Å². The summed E-state index contributed by atoms with van der Waals surface area (Å²) in [7, 11) is 1.72. The molecule has 0 aliphatic carbocycles. The lowest BCUT2D eigenvalue weighted by atomic mass is 10.3. The summed E-state index contributed by atoms with van der Waals surface area (Å²) in [6.45, 7) is 2.22. The molecule has 0 spiro atoms. The highest BCUT2D eigenvalue weighted by Gasteiger charge is 2.34. The van der Waals surface area contributed by atoms with Gasteiger partial charge in [-0.05, 0) is 13.3 Å². The highest BCUT2D eigenvalue weighted by atomic mass is 35.7. The summed E-state index contributed by atoms with van der Waals surface area (Å²) in [4.78, 5) is 0. The number of hydrogen-bond acceptors (Lipinski definition) is 3. The fourth-order valence-electron chi connectivity index (χ4n) is 1.08. The van der Waals surface area contributed by atoms with Crippen molar-refractivity contribution in [1.82, 2.24) is 0 Å². The normalized spacial score (nSPS) is 34.6. The fourth-order valence-corrected chi connectivity index (χ4v) is 2.70. The molecule has 10 heavy (non-hydrogen) atoms. The van der Waals surface area contributed by atoms with Gasteiger partial charge in [-0.3, -0.25) is 0 Å². The largest absolute Gasteiger partial charge is 0.377 e. The molecule has 0 radical (unpaired) electrons. The summed E-state index contributed by atoms with van der Waals surface area (Å²) < 4.78 is 26.5. The van der Waals surface area contributed by atoms with Crippen molar-refractivity contribution in [2.24, 2.45) is 0 Å². The summed E-state index contributed by atoms with van der Waals surface area (Å²) in [5, 5.41) is -0.505. The molecule has 5 heteroatoms. The maximum atomic E-state index is 10.7. The van der Waals surface area contributed by atoms with Gasteiger partial charge in [0.2, 0.25) is 9.05 Å². The van der Waals surface area contributed by atoms with Crippen LogP contribution in [0.15, 0.2) is 0 Å². The first-order valence-electron chi connectivity index (χ1n) is 3.07. The van der Waals surface area contributed by atoms with Crippen LogP contribution in [0.1, 0.15) is 13.3 Å². The number of ether oxygens (including phenoxy) is 1. The highest BCUT2D eigenvalue weighted by Crippen LogP contribution is 2.23. The summed E-state index contributed by atoms with van der Waals surface area (Å²) >= 11 is 0. The van der Waals surface area contributed by atoms with Crippen molar-refractivity contribution in [3.63, 3.8) is 0 Å². The molecule has 1 heterocycles. The van der Waals surface area contributed by atoms with Gasteiger partial charge in [0.05, 0.1) is 6.10 Å². The topological polar surface area (TPSA) is 43.4 Å². The van der Waals surface area contributed by atoms with Crippen molar-refractivity contribution >= 4 is 19.7 Å². The van der Waals surface area contributed by atoms with Crippen LogP contribution < -0.4 is 0 Å². The van der Waals surface area contributed by atoms with Crippen LogP contribution in [0.5, 0.6) is 0 Å². The first kappa shape index (κ1) is 8.30. The Hall–Kier alpha value is 0.200. The zero-order valence-electron chi connectivity index (χ0n) is 5.58. The van der Waals surface area contributed by atoms with Gasteiger partial charge in [0.1, 0.15) is 5.25 Å². The molecule has 0 aromatic carbocycles. The minimum absolute atomic E-state index is 0.248. The van der Waals surface area contributed by atoms with Crippen molar-refractivity contribution in [3.8, 4) is 0 Å². The lowest BCUT2D eigenvalue weighted by Crippen LogP contribution is -2.23. The van der Waals surface area contributed by atoms with Crippen molar-refractivity contribution in [1.29, 1.82) is 0 Å². The van der Waals surface area contributed by atoms with E-state index in [2.05, 4.69) is 0 Å². The van der Waals surface area contributed by atoms with Crippen molar-refractivity contribution in [2.75, 3.05) is 6.61 Å². The molecule has 0 aromatic rings. The molecule has 0 unspecified atom stereocenters. The highest BCUT2D eigenvalue weighted by molar-refractivity contribution is 8.14. The second-order valence-corrected chi connectivity index (χ2v) is 5.23. The Morgan fingerprint density at radius 3 is 2.40 bits per heavy atom. The molecular formula is C5H9ClO3S. The van der Waals surface area contributed by atoms with E-state index in [0.717, 1.165) is 0 Å². The maximum absolute atomic E-state index is 10.7. The second kappa shape index (κ2) is 2.68. The van der Waals surface area contributed by atoms with Crippen LogP contribution in [-0.2, 0) is 13.8 Å². The van der Waals surface area contributed by atoms with E-state index in [0.29, 0.717) is 13.0 Å². The molecule has 60 valence electrons. The Balaban J connectivity index is 2.74. The van der Waals surface area contributed by atoms with E-state index in [1.807, 2.05) is 0 Å². The van der Waals surface area contributed by atoms with Gasteiger partial charge in [0, 0.05) is 17.3 Å². The predicted octanol–water partition coefficient (Wildman–Crippen LogP) is 0.732. The van der Waals surface area contributed by atoms with Crippen LogP contribution in [0, 0.1) is 0 Å². The molecule has 3 nitrogen and oxygen atoms in total. The number of rotatable bonds is 1. The van der Waals surface area contributed by atoms with Crippen LogP contribution in [0.25, 0.3) is 0 Å². The van der Waals surface area contributed by atoms with Gasteiger partial charge in [-0.15, -0.1) is 0 Å². The van der Waals surface area contributed by atoms with Gasteiger partial charge < -0.3 is 4.74 Å². The van der Waals surface area contributed by atoms with Gasteiger partial charge in [0.15, 0.2) is 0 Å². The Morgan fingerprint density at radius 1 is 1.60 bits per heavy atom. The third kappa shape index (κ3) is 1.62. The summed E-state index contributed by atoms with van der Waals surface area (Å²) in [5.41, 5.74) is 0. The Morgan fingerprint density at radius 2 is 2.20 bits per heavy atom. The molecule has 0 N–H and O–H groups in total. The molecule has 0 aromatic heterocycles. The molecule has 1 aliphatic heterocycles. The minimum atomic E-state index is -3.40. The summed E-state index contributed by atoms with van der Waals surface area (Å²) in [6.07, 6.45) is 0.273. The average molecular weight is 185 g/mol. The van der Waals surface area contributed by atoms with Crippen LogP contribution in [0.4, 0.5) is 0 Å². The smallest absolute Gasteiger partial charge is 0.238 e. The molecule has 0 amide bonds. The van der Waals surface area contributed by atoms with E-state index >= 15 is 0 Å². The molecule has 1 fully saturated rings. The van der Waals surface area contributed by atoms with E-state index < -0.39 is 14.3 Å². The molecule has 1 rings (SSSR count). The first-order valence-corrected chi connectivity index (χ1v) is 5.44. The molecule has 1 saturated heterocycles.